The molecule has 1 fully saturated rings. The lowest BCUT2D eigenvalue weighted by Gasteiger charge is -2.32. The van der Waals surface area contributed by atoms with Gasteiger partial charge in [-0.25, -0.2) is 8.42 Å². The number of primary amides is 1. The molecule has 3 N–H and O–H groups in total. The van der Waals surface area contributed by atoms with Crippen molar-refractivity contribution in [1.82, 2.24) is 5.32 Å². The van der Waals surface area contributed by atoms with Gasteiger partial charge >= 0.3 is 0 Å². The zero-order valence-corrected chi connectivity index (χ0v) is 13.1. The number of nitrogens with one attached hydrogen (secondary N) is 1. The number of hydrogen-bond acceptors (Lipinski definition) is 5. The van der Waals surface area contributed by atoms with Crippen LogP contribution in [0.25, 0.3) is 0 Å². The second-order valence-corrected chi connectivity index (χ2v) is 8.46. The van der Waals surface area contributed by atoms with Gasteiger partial charge in [-0.3, -0.25) is 4.79 Å². The molecule has 0 aliphatic carbocycles. The van der Waals surface area contributed by atoms with Gasteiger partial charge in [0.05, 0.1) is 11.8 Å². The Morgan fingerprint density at radius 1 is 1.48 bits per heavy atom. The van der Waals surface area contributed by atoms with Crippen LogP contribution in [0, 0.1) is 0 Å². The molecule has 114 valence electrons. The van der Waals surface area contributed by atoms with Gasteiger partial charge in [0.15, 0.2) is 9.84 Å². The molecule has 1 aromatic carbocycles. The minimum atomic E-state index is -3.34. The van der Waals surface area contributed by atoms with E-state index in [4.69, 9.17) is 5.73 Å². The van der Waals surface area contributed by atoms with Crippen molar-refractivity contribution < 1.29 is 13.2 Å². The first-order valence-corrected chi connectivity index (χ1v) is 9.30. The van der Waals surface area contributed by atoms with E-state index in [0.717, 1.165) is 0 Å². The highest BCUT2D eigenvalue weighted by molar-refractivity contribution is 8.13. The Labute approximate surface area is 128 Å². The number of amides is 1. The number of carbonyl (C=O) groups is 1. The van der Waals surface area contributed by atoms with Crippen molar-refractivity contribution in [2.45, 2.75) is 10.6 Å². The van der Waals surface area contributed by atoms with Crippen LogP contribution in [0.5, 0.6) is 0 Å². The number of carbonyl (C=O) groups excluding carboxylic acids is 1. The van der Waals surface area contributed by atoms with E-state index in [-0.39, 0.29) is 5.75 Å². The zero-order chi connectivity index (χ0) is 15.5. The third-order valence-corrected chi connectivity index (χ3v) is 7.29. The van der Waals surface area contributed by atoms with Crippen molar-refractivity contribution in [1.29, 1.82) is 0 Å². The monoisotopic (exact) mass is 326 g/mol. The van der Waals surface area contributed by atoms with E-state index in [1.165, 1.54) is 17.8 Å². The first-order valence-electron chi connectivity index (χ1n) is 6.53. The molecule has 2 rings (SSSR count). The molecule has 0 bridgehead atoms. The smallest absolute Gasteiger partial charge is 0.249 e. The average molecular weight is 326 g/mol. The molecule has 0 saturated carbocycles. The van der Waals surface area contributed by atoms with Crippen LogP contribution < -0.4 is 11.1 Å². The van der Waals surface area contributed by atoms with E-state index in [0.29, 0.717) is 23.4 Å². The summed E-state index contributed by atoms with van der Waals surface area (Å²) >= 11 is 1.38. The van der Waals surface area contributed by atoms with E-state index in [9.17, 15) is 13.2 Å². The van der Waals surface area contributed by atoms with Crippen LogP contribution in [0.15, 0.2) is 36.9 Å². The molecule has 1 saturated heterocycles. The lowest BCUT2D eigenvalue weighted by Crippen LogP contribution is -2.42. The van der Waals surface area contributed by atoms with Crippen molar-refractivity contribution in [3.63, 3.8) is 0 Å². The highest BCUT2D eigenvalue weighted by Crippen LogP contribution is 2.35. The number of sulfone groups is 1. The lowest BCUT2D eigenvalue weighted by molar-refractivity contribution is 0.0998. The van der Waals surface area contributed by atoms with Gasteiger partial charge in [-0.1, -0.05) is 24.3 Å². The summed E-state index contributed by atoms with van der Waals surface area (Å²) in [6.45, 7) is 4.18. The Kier molecular flexibility index (Phi) is 5.08. The van der Waals surface area contributed by atoms with Gasteiger partial charge in [0.2, 0.25) is 5.91 Å². The maximum Gasteiger partial charge on any atom is 0.249 e. The summed E-state index contributed by atoms with van der Waals surface area (Å²) in [6, 6.07) is 6.42. The molecule has 2 atom stereocenters. The van der Waals surface area contributed by atoms with Gasteiger partial charge in [-0.2, -0.15) is 0 Å². The summed E-state index contributed by atoms with van der Waals surface area (Å²) < 4.78 is 24.2. The summed E-state index contributed by atoms with van der Waals surface area (Å²) in [5.41, 5.74) is 6.39. The molecule has 0 spiro atoms. The number of nitrogens with two attached hydrogens (primary N) is 1. The molecule has 0 aromatic heterocycles. The van der Waals surface area contributed by atoms with Crippen molar-refractivity contribution in [2.24, 2.45) is 5.73 Å². The van der Waals surface area contributed by atoms with E-state index in [2.05, 4.69) is 11.9 Å². The Balaban J connectivity index is 2.45. The lowest BCUT2D eigenvalue weighted by atomic mass is 10.0. The SMILES string of the molecule is C=CCS(=O)(=O)C1SCCNC1c1ccccc1C(N)=O. The van der Waals surface area contributed by atoms with Crippen molar-refractivity contribution in [3.8, 4) is 0 Å². The maximum absolute atomic E-state index is 12.4. The number of benzene rings is 1. The molecule has 21 heavy (non-hydrogen) atoms. The first-order chi connectivity index (χ1) is 9.97. The minimum absolute atomic E-state index is 0.0818. The first kappa shape index (κ1) is 16.1. The van der Waals surface area contributed by atoms with Gasteiger partial charge in [-0.05, 0) is 11.6 Å². The zero-order valence-electron chi connectivity index (χ0n) is 11.5. The average Bonchev–Trinajstić information content (AvgIpc) is 2.47. The molecule has 1 aliphatic rings. The van der Waals surface area contributed by atoms with E-state index >= 15 is 0 Å². The van der Waals surface area contributed by atoms with Crippen LogP contribution in [0.4, 0.5) is 0 Å². The summed E-state index contributed by atoms with van der Waals surface area (Å²) in [6.07, 6.45) is 1.39. The minimum Gasteiger partial charge on any atom is -0.366 e. The van der Waals surface area contributed by atoms with Gasteiger partial charge in [0.1, 0.15) is 4.58 Å². The Morgan fingerprint density at radius 3 is 2.86 bits per heavy atom. The number of rotatable bonds is 5. The maximum atomic E-state index is 12.4. The third kappa shape index (κ3) is 3.48. The largest absolute Gasteiger partial charge is 0.366 e. The molecular formula is C14H18N2O3S2. The molecule has 1 heterocycles. The van der Waals surface area contributed by atoms with Gasteiger partial charge < -0.3 is 11.1 Å². The molecule has 1 aliphatic heterocycles. The van der Waals surface area contributed by atoms with Crippen molar-refractivity contribution in [2.75, 3.05) is 18.1 Å². The Bertz CT molecular complexity index is 643. The Morgan fingerprint density at radius 2 is 2.19 bits per heavy atom. The molecular weight excluding hydrogens is 308 g/mol. The van der Waals surface area contributed by atoms with Crippen LogP contribution in [0.1, 0.15) is 22.0 Å². The summed E-state index contributed by atoms with van der Waals surface area (Å²) in [5.74, 6) is 0.0700. The quantitative estimate of drug-likeness (QED) is 0.791. The van der Waals surface area contributed by atoms with Crippen LogP contribution in [0.2, 0.25) is 0 Å². The molecule has 1 aromatic rings. The topological polar surface area (TPSA) is 89.3 Å². The van der Waals surface area contributed by atoms with Crippen molar-refractivity contribution in [3.05, 3.63) is 48.0 Å². The molecule has 1 amide bonds. The van der Waals surface area contributed by atoms with Crippen LogP contribution in [0.3, 0.4) is 0 Å². The fraction of sp³-hybridized carbons (Fsp3) is 0.357. The summed E-state index contributed by atoms with van der Waals surface area (Å²) in [5, 5.41) is 3.20. The van der Waals surface area contributed by atoms with Gasteiger partial charge in [-0.15, -0.1) is 18.3 Å². The van der Waals surface area contributed by atoms with Crippen LogP contribution in [-0.4, -0.2) is 37.0 Å². The van der Waals surface area contributed by atoms with Gasteiger partial charge in [0, 0.05) is 17.9 Å². The fourth-order valence-corrected chi connectivity index (χ4v) is 5.83. The predicted molar refractivity (Wildman–Crippen MR) is 85.9 cm³/mol. The van der Waals surface area contributed by atoms with E-state index in [1.807, 2.05) is 0 Å². The summed E-state index contributed by atoms with van der Waals surface area (Å²) in [7, 11) is -3.34. The normalized spacial score (nSPS) is 22.7. The van der Waals surface area contributed by atoms with Crippen LogP contribution in [-0.2, 0) is 9.84 Å². The second kappa shape index (κ2) is 6.64. The highest BCUT2D eigenvalue weighted by atomic mass is 32.3. The van der Waals surface area contributed by atoms with Crippen molar-refractivity contribution >= 4 is 27.5 Å². The number of thioether (sulfide) groups is 1. The molecule has 7 heteroatoms. The van der Waals surface area contributed by atoms with Crippen LogP contribution >= 0.6 is 11.8 Å². The predicted octanol–water partition coefficient (Wildman–Crippen LogP) is 1.09. The second-order valence-electron chi connectivity index (χ2n) is 4.74. The standard InChI is InChI=1S/C14H18N2O3S2/c1-2-9-21(18,19)14-12(16-7-8-20-14)10-5-3-4-6-11(10)13(15)17/h2-6,12,14,16H,1,7-9H2,(H2,15,17). The Hall–Kier alpha value is -1.31. The molecule has 0 radical (unpaired) electrons. The third-order valence-electron chi connectivity index (χ3n) is 3.29. The summed E-state index contributed by atoms with van der Waals surface area (Å²) in [4.78, 5) is 11.6. The molecule has 5 nitrogen and oxygen atoms in total. The van der Waals surface area contributed by atoms with E-state index < -0.39 is 26.4 Å². The fourth-order valence-electron chi connectivity index (χ4n) is 2.40. The van der Waals surface area contributed by atoms with Gasteiger partial charge in [0.25, 0.3) is 0 Å². The molecule has 2 unspecified atom stereocenters. The highest BCUT2D eigenvalue weighted by Gasteiger charge is 2.37. The number of hydrogen-bond donors (Lipinski definition) is 2. The van der Waals surface area contributed by atoms with E-state index in [1.54, 1.807) is 24.3 Å².